The van der Waals surface area contributed by atoms with Crippen molar-refractivity contribution >= 4 is 43.7 Å². The van der Waals surface area contributed by atoms with Crippen LogP contribution in [0.15, 0.2) is 121 Å². The van der Waals surface area contributed by atoms with Crippen LogP contribution in [0.2, 0.25) is 0 Å². The maximum Gasteiger partial charge on any atom is 0.0480 e. The van der Waals surface area contributed by atoms with Crippen LogP contribution >= 0.6 is 0 Å². The second kappa shape index (κ2) is 10.5. The van der Waals surface area contributed by atoms with E-state index in [0.29, 0.717) is 0 Å². The number of nitrogen functional groups attached to an aromatic ring is 2. The molecule has 2 nitrogen and oxygen atoms in total. The lowest BCUT2D eigenvalue weighted by atomic mass is 9.76. The SMILES string of the molecule is Cc1ccc(-c2c(N)c3ccc4ccc(N)c5c(-c6ccc(C)cc6)c(-c6ccc(C)cc6)c(c2-c2ccc(C)cc2)c3c45)cc1. The molecule has 0 saturated heterocycles. The fraction of sp³-hybridized carbons (Fsp3) is 0.0909. The summed E-state index contributed by atoms with van der Waals surface area (Å²) in [7, 11) is 0. The first kappa shape index (κ1) is 27.9. The van der Waals surface area contributed by atoms with Gasteiger partial charge in [-0.25, -0.2) is 0 Å². The van der Waals surface area contributed by atoms with E-state index in [1.165, 1.54) is 33.2 Å². The summed E-state index contributed by atoms with van der Waals surface area (Å²) in [5.74, 6) is 0. The van der Waals surface area contributed by atoms with Gasteiger partial charge in [0.2, 0.25) is 0 Å². The van der Waals surface area contributed by atoms with Crippen LogP contribution in [0.1, 0.15) is 22.3 Å². The van der Waals surface area contributed by atoms with E-state index in [-0.39, 0.29) is 0 Å². The van der Waals surface area contributed by atoms with Gasteiger partial charge < -0.3 is 11.5 Å². The molecular formula is C44H36N2. The molecule has 0 aliphatic carbocycles. The number of hydrogen-bond acceptors (Lipinski definition) is 2. The second-order valence-corrected chi connectivity index (χ2v) is 12.9. The van der Waals surface area contributed by atoms with E-state index in [9.17, 15) is 0 Å². The molecule has 8 aromatic carbocycles. The average Bonchev–Trinajstić information content (AvgIpc) is 3.06. The fourth-order valence-corrected chi connectivity index (χ4v) is 7.25. The molecule has 222 valence electrons. The van der Waals surface area contributed by atoms with Crippen molar-refractivity contribution in [1.82, 2.24) is 0 Å². The van der Waals surface area contributed by atoms with Crippen molar-refractivity contribution in [1.29, 1.82) is 0 Å². The number of hydrogen-bond donors (Lipinski definition) is 2. The minimum atomic E-state index is 0.768. The maximum atomic E-state index is 7.35. The largest absolute Gasteiger partial charge is 0.398 e. The van der Waals surface area contributed by atoms with Crippen LogP contribution in [0.3, 0.4) is 0 Å². The van der Waals surface area contributed by atoms with Gasteiger partial charge in [0.05, 0.1) is 0 Å². The van der Waals surface area contributed by atoms with Gasteiger partial charge in [0.15, 0.2) is 0 Å². The lowest BCUT2D eigenvalue weighted by molar-refractivity contribution is 1.46. The standard InChI is InChI=1S/C44H36N2/c1-25-5-13-29(14-6-25)36-37(30-15-7-26(2)8-16-30)43-38(31-17-9-27(3)10-18-31)40(33-19-11-28(4)12-20-33)44(46)34-23-21-32-22-24-35(45)42(36)39(32)41(34)43/h5-24H,45-46H2,1-4H3. The summed E-state index contributed by atoms with van der Waals surface area (Å²) in [6.07, 6.45) is 0. The third-order valence-corrected chi connectivity index (χ3v) is 9.64. The summed E-state index contributed by atoms with van der Waals surface area (Å²) < 4.78 is 0. The van der Waals surface area contributed by atoms with Crippen LogP contribution in [0.4, 0.5) is 11.4 Å². The van der Waals surface area contributed by atoms with Gasteiger partial charge in [-0.1, -0.05) is 138 Å². The summed E-state index contributed by atoms with van der Waals surface area (Å²) in [5.41, 5.74) is 29.9. The Labute approximate surface area is 270 Å². The molecule has 8 aromatic rings. The number of rotatable bonds is 4. The first-order valence-corrected chi connectivity index (χ1v) is 15.9. The highest BCUT2D eigenvalue weighted by Crippen LogP contribution is 2.56. The molecule has 0 aromatic heterocycles. The molecular weight excluding hydrogens is 556 g/mol. The van der Waals surface area contributed by atoms with Gasteiger partial charge >= 0.3 is 0 Å². The zero-order valence-corrected chi connectivity index (χ0v) is 26.7. The van der Waals surface area contributed by atoms with E-state index in [1.807, 2.05) is 0 Å². The Morgan fingerprint density at radius 2 is 0.696 bits per heavy atom. The summed E-state index contributed by atoms with van der Waals surface area (Å²) in [4.78, 5) is 0. The molecule has 4 N–H and O–H groups in total. The van der Waals surface area contributed by atoms with Crippen LogP contribution in [-0.2, 0) is 0 Å². The third-order valence-electron chi connectivity index (χ3n) is 9.64. The minimum absolute atomic E-state index is 0.768. The summed E-state index contributed by atoms with van der Waals surface area (Å²) in [5, 5.41) is 6.81. The van der Waals surface area contributed by atoms with E-state index in [0.717, 1.165) is 77.3 Å². The monoisotopic (exact) mass is 592 g/mol. The lowest BCUT2D eigenvalue weighted by Crippen LogP contribution is -2.03. The van der Waals surface area contributed by atoms with Crippen molar-refractivity contribution in [2.24, 2.45) is 0 Å². The van der Waals surface area contributed by atoms with Crippen molar-refractivity contribution in [2.45, 2.75) is 27.7 Å². The number of aryl methyl sites for hydroxylation is 4. The predicted octanol–water partition coefficient (Wildman–Crippen LogP) is 11.7. The van der Waals surface area contributed by atoms with Gasteiger partial charge in [-0.3, -0.25) is 0 Å². The highest BCUT2D eigenvalue weighted by atomic mass is 14.6. The van der Waals surface area contributed by atoms with Crippen molar-refractivity contribution < 1.29 is 0 Å². The van der Waals surface area contributed by atoms with Gasteiger partial charge in [-0.15, -0.1) is 0 Å². The Bertz CT molecular complexity index is 2410. The zero-order valence-electron chi connectivity index (χ0n) is 26.7. The van der Waals surface area contributed by atoms with Gasteiger partial charge in [0, 0.05) is 49.6 Å². The van der Waals surface area contributed by atoms with E-state index < -0.39 is 0 Å². The molecule has 0 amide bonds. The first-order chi connectivity index (χ1) is 22.3. The fourth-order valence-electron chi connectivity index (χ4n) is 7.25. The molecule has 0 fully saturated rings. The smallest absolute Gasteiger partial charge is 0.0480 e. The molecule has 2 heteroatoms. The first-order valence-electron chi connectivity index (χ1n) is 15.9. The van der Waals surface area contributed by atoms with Gasteiger partial charge in [-0.2, -0.15) is 0 Å². The van der Waals surface area contributed by atoms with Crippen LogP contribution < -0.4 is 11.5 Å². The van der Waals surface area contributed by atoms with Gasteiger partial charge in [0.1, 0.15) is 0 Å². The van der Waals surface area contributed by atoms with E-state index >= 15 is 0 Å². The Kier molecular flexibility index (Phi) is 6.37. The number of anilines is 2. The molecule has 0 heterocycles. The normalized spacial score (nSPS) is 11.7. The summed E-state index contributed by atoms with van der Waals surface area (Å²) in [6, 6.07) is 44.1. The molecule has 0 aliphatic rings. The van der Waals surface area contributed by atoms with Gasteiger partial charge in [-0.05, 0) is 72.4 Å². The van der Waals surface area contributed by atoms with Crippen LogP contribution in [0, 0.1) is 27.7 Å². The number of nitrogens with two attached hydrogens (primary N) is 2. The quantitative estimate of drug-likeness (QED) is 0.158. The average molecular weight is 593 g/mol. The molecule has 0 radical (unpaired) electrons. The van der Waals surface area contributed by atoms with Crippen LogP contribution in [0.5, 0.6) is 0 Å². The Balaban J connectivity index is 1.73. The predicted molar refractivity (Wildman–Crippen MR) is 200 cm³/mol. The molecule has 0 spiro atoms. The zero-order chi connectivity index (χ0) is 31.7. The van der Waals surface area contributed by atoms with Crippen LogP contribution in [-0.4, -0.2) is 0 Å². The Hall–Kier alpha value is -5.60. The molecule has 0 bridgehead atoms. The van der Waals surface area contributed by atoms with Gasteiger partial charge in [0.25, 0.3) is 0 Å². The summed E-state index contributed by atoms with van der Waals surface area (Å²) in [6.45, 7) is 8.54. The Morgan fingerprint density at radius 1 is 0.326 bits per heavy atom. The topological polar surface area (TPSA) is 52.0 Å². The highest BCUT2D eigenvalue weighted by Gasteiger charge is 2.28. The summed E-state index contributed by atoms with van der Waals surface area (Å²) >= 11 is 0. The highest BCUT2D eigenvalue weighted by molar-refractivity contribution is 6.38. The van der Waals surface area contributed by atoms with E-state index in [2.05, 4.69) is 149 Å². The van der Waals surface area contributed by atoms with E-state index in [4.69, 9.17) is 11.5 Å². The van der Waals surface area contributed by atoms with Crippen molar-refractivity contribution in [3.8, 4) is 44.5 Å². The lowest BCUT2D eigenvalue weighted by Gasteiger charge is -2.27. The molecule has 8 rings (SSSR count). The molecule has 0 saturated carbocycles. The minimum Gasteiger partial charge on any atom is -0.398 e. The third kappa shape index (κ3) is 4.25. The van der Waals surface area contributed by atoms with Crippen molar-refractivity contribution in [3.05, 3.63) is 144 Å². The van der Waals surface area contributed by atoms with Crippen LogP contribution in [0.25, 0.3) is 76.8 Å². The number of benzene rings is 8. The maximum absolute atomic E-state index is 7.35. The molecule has 0 aliphatic heterocycles. The van der Waals surface area contributed by atoms with E-state index in [1.54, 1.807) is 0 Å². The van der Waals surface area contributed by atoms with Crippen molar-refractivity contribution in [3.63, 3.8) is 0 Å². The molecule has 0 unspecified atom stereocenters. The Morgan fingerprint density at radius 3 is 1.15 bits per heavy atom. The molecule has 46 heavy (non-hydrogen) atoms. The molecule has 0 atom stereocenters. The van der Waals surface area contributed by atoms with Crippen molar-refractivity contribution in [2.75, 3.05) is 11.5 Å². The second-order valence-electron chi connectivity index (χ2n) is 12.9.